The number of hydrogen-bond donors (Lipinski definition) is 3. The fraction of sp³-hybridized carbons (Fsp3) is 0.438. The molecule has 8 heteroatoms. The molecule has 1 aromatic rings. The normalized spacial score (nSPS) is 17.6. The second-order valence-electron chi connectivity index (χ2n) is 5.59. The predicted molar refractivity (Wildman–Crippen MR) is 97.0 cm³/mol. The number of rotatable bonds is 7. The van der Waals surface area contributed by atoms with Crippen molar-refractivity contribution in [3.8, 4) is 0 Å². The van der Waals surface area contributed by atoms with Gasteiger partial charge in [-0.2, -0.15) is 0 Å². The van der Waals surface area contributed by atoms with Crippen LogP contribution in [0.5, 0.6) is 0 Å². The summed E-state index contributed by atoms with van der Waals surface area (Å²) in [7, 11) is -3.63. The van der Waals surface area contributed by atoms with Crippen molar-refractivity contribution >= 4 is 28.3 Å². The van der Waals surface area contributed by atoms with Crippen molar-refractivity contribution in [3.63, 3.8) is 0 Å². The molecule has 0 saturated carbocycles. The van der Waals surface area contributed by atoms with Crippen molar-refractivity contribution in [2.75, 3.05) is 26.2 Å². The Morgan fingerprint density at radius 3 is 2.88 bits per heavy atom. The Morgan fingerprint density at radius 2 is 2.21 bits per heavy atom. The van der Waals surface area contributed by atoms with Gasteiger partial charge in [0.15, 0.2) is 0 Å². The molecule has 0 spiro atoms. The maximum absolute atomic E-state index is 12.2. The van der Waals surface area contributed by atoms with Crippen molar-refractivity contribution in [2.24, 2.45) is 5.92 Å². The molecule has 1 atom stereocenters. The molecule has 0 bridgehead atoms. The predicted octanol–water partition coefficient (Wildman–Crippen LogP) is 1.30. The zero-order chi connectivity index (χ0) is 16.7. The molecule has 1 amide bonds. The van der Waals surface area contributed by atoms with E-state index in [0.717, 1.165) is 25.9 Å². The van der Waals surface area contributed by atoms with E-state index in [4.69, 9.17) is 0 Å². The SMILES string of the molecule is C=CCNS(=O)(=O)c1cccc(C(=O)NCC2CCCNC2)c1.Cl. The molecule has 0 aliphatic carbocycles. The summed E-state index contributed by atoms with van der Waals surface area (Å²) < 4.78 is 26.5. The number of halogens is 1. The van der Waals surface area contributed by atoms with Crippen molar-refractivity contribution in [1.29, 1.82) is 0 Å². The molecule has 24 heavy (non-hydrogen) atoms. The zero-order valence-electron chi connectivity index (χ0n) is 13.5. The lowest BCUT2D eigenvalue weighted by atomic mass is 10.00. The molecule has 0 aromatic heterocycles. The molecule has 1 heterocycles. The van der Waals surface area contributed by atoms with E-state index in [2.05, 4.69) is 21.9 Å². The van der Waals surface area contributed by atoms with Crippen molar-refractivity contribution in [3.05, 3.63) is 42.5 Å². The van der Waals surface area contributed by atoms with E-state index in [0.29, 0.717) is 18.0 Å². The molecule has 1 fully saturated rings. The number of nitrogens with one attached hydrogen (secondary N) is 3. The van der Waals surface area contributed by atoms with E-state index < -0.39 is 10.0 Å². The zero-order valence-corrected chi connectivity index (χ0v) is 15.1. The highest BCUT2D eigenvalue weighted by atomic mass is 35.5. The third-order valence-corrected chi connectivity index (χ3v) is 5.20. The topological polar surface area (TPSA) is 87.3 Å². The van der Waals surface area contributed by atoms with E-state index in [1.54, 1.807) is 12.1 Å². The molecule has 0 radical (unpaired) electrons. The number of carbonyl (C=O) groups excluding carboxylic acids is 1. The van der Waals surface area contributed by atoms with E-state index in [-0.39, 0.29) is 29.8 Å². The van der Waals surface area contributed by atoms with Gasteiger partial charge >= 0.3 is 0 Å². The quantitative estimate of drug-likeness (QED) is 0.629. The number of carbonyl (C=O) groups is 1. The lowest BCUT2D eigenvalue weighted by Crippen LogP contribution is -2.38. The standard InChI is InChI=1S/C16H23N3O3S.ClH/c1-2-8-19-23(21,22)15-7-3-6-14(10-15)16(20)18-12-13-5-4-9-17-11-13;/h2-3,6-7,10,13,17,19H,1,4-5,8-9,11-12H2,(H,18,20);1H. The minimum atomic E-state index is -3.63. The van der Waals surface area contributed by atoms with E-state index in [1.807, 2.05) is 0 Å². The minimum absolute atomic E-state index is 0. The molecule has 134 valence electrons. The van der Waals surface area contributed by atoms with Gasteiger partial charge in [-0.1, -0.05) is 12.1 Å². The van der Waals surface area contributed by atoms with Crippen LogP contribution in [0.3, 0.4) is 0 Å². The van der Waals surface area contributed by atoms with Gasteiger partial charge in [0.05, 0.1) is 4.90 Å². The summed E-state index contributed by atoms with van der Waals surface area (Å²) in [5.41, 5.74) is 0.343. The first-order chi connectivity index (χ1) is 11.0. The summed E-state index contributed by atoms with van der Waals surface area (Å²) in [5.74, 6) is 0.171. The number of hydrogen-bond acceptors (Lipinski definition) is 4. The number of amides is 1. The van der Waals surface area contributed by atoms with Crippen molar-refractivity contribution < 1.29 is 13.2 Å². The largest absolute Gasteiger partial charge is 0.352 e. The first kappa shape index (κ1) is 20.6. The summed E-state index contributed by atoms with van der Waals surface area (Å²) in [5, 5.41) is 6.18. The van der Waals surface area contributed by atoms with Gasteiger partial charge in [0.25, 0.3) is 5.91 Å². The fourth-order valence-corrected chi connectivity index (χ4v) is 3.54. The maximum Gasteiger partial charge on any atom is 0.251 e. The van der Waals surface area contributed by atoms with Gasteiger partial charge in [0.2, 0.25) is 10.0 Å². The van der Waals surface area contributed by atoms with Gasteiger partial charge in [-0.05, 0) is 50.0 Å². The molecular weight excluding hydrogens is 350 g/mol. The van der Waals surface area contributed by atoms with E-state index in [9.17, 15) is 13.2 Å². The van der Waals surface area contributed by atoms with Gasteiger partial charge in [0.1, 0.15) is 0 Å². The van der Waals surface area contributed by atoms with Crippen LogP contribution in [-0.4, -0.2) is 40.5 Å². The van der Waals surface area contributed by atoms with Crippen LogP contribution in [0.15, 0.2) is 41.8 Å². The van der Waals surface area contributed by atoms with Crippen molar-refractivity contribution in [1.82, 2.24) is 15.4 Å². The second kappa shape index (κ2) is 9.78. The fourth-order valence-electron chi connectivity index (χ4n) is 2.49. The van der Waals surface area contributed by atoms with Gasteiger partial charge in [-0.25, -0.2) is 13.1 Å². The second-order valence-corrected chi connectivity index (χ2v) is 7.36. The van der Waals surface area contributed by atoms with Crippen LogP contribution >= 0.6 is 12.4 Å². The van der Waals surface area contributed by atoms with Gasteiger partial charge in [0, 0.05) is 18.7 Å². The third-order valence-electron chi connectivity index (χ3n) is 3.77. The molecule has 1 aliphatic heterocycles. The molecule has 2 rings (SSSR count). The maximum atomic E-state index is 12.2. The molecule has 3 N–H and O–H groups in total. The monoisotopic (exact) mass is 373 g/mol. The number of benzene rings is 1. The third kappa shape index (κ3) is 5.90. The van der Waals surface area contributed by atoms with Crippen LogP contribution in [0, 0.1) is 5.92 Å². The van der Waals surface area contributed by atoms with E-state index in [1.165, 1.54) is 18.2 Å². The highest BCUT2D eigenvalue weighted by Crippen LogP contribution is 2.12. The average molecular weight is 374 g/mol. The summed E-state index contributed by atoms with van der Waals surface area (Å²) >= 11 is 0. The van der Waals surface area contributed by atoms with Crippen molar-refractivity contribution in [2.45, 2.75) is 17.7 Å². The van der Waals surface area contributed by atoms with E-state index >= 15 is 0 Å². The average Bonchev–Trinajstić information content (AvgIpc) is 2.59. The Balaban J connectivity index is 0.00000288. The Labute approximate surface area is 149 Å². The first-order valence-corrected chi connectivity index (χ1v) is 9.21. The van der Waals surface area contributed by atoms with Crippen LogP contribution in [-0.2, 0) is 10.0 Å². The molecular formula is C16H24ClN3O3S. The molecule has 1 unspecified atom stereocenters. The molecule has 6 nitrogen and oxygen atoms in total. The van der Waals surface area contributed by atoms with Crippen LogP contribution in [0.4, 0.5) is 0 Å². The molecule has 1 aromatic carbocycles. The summed E-state index contributed by atoms with van der Waals surface area (Å²) in [6.45, 7) is 6.15. The summed E-state index contributed by atoms with van der Waals surface area (Å²) in [6.07, 6.45) is 3.67. The van der Waals surface area contributed by atoms with Crippen LogP contribution in [0.2, 0.25) is 0 Å². The van der Waals surface area contributed by atoms with Gasteiger partial charge in [-0.3, -0.25) is 4.79 Å². The summed E-state index contributed by atoms with van der Waals surface area (Å²) in [4.78, 5) is 12.3. The highest BCUT2D eigenvalue weighted by Gasteiger charge is 2.17. The Morgan fingerprint density at radius 1 is 1.42 bits per heavy atom. The summed E-state index contributed by atoms with van der Waals surface area (Å²) in [6, 6.07) is 6.04. The molecule has 1 aliphatic rings. The lowest BCUT2D eigenvalue weighted by Gasteiger charge is -2.22. The highest BCUT2D eigenvalue weighted by molar-refractivity contribution is 7.89. The first-order valence-electron chi connectivity index (χ1n) is 7.72. The Kier molecular flexibility index (Phi) is 8.41. The van der Waals surface area contributed by atoms with Crippen LogP contribution in [0.25, 0.3) is 0 Å². The lowest BCUT2D eigenvalue weighted by molar-refractivity contribution is 0.0944. The Bertz CT molecular complexity index is 658. The number of piperidine rings is 1. The van der Waals surface area contributed by atoms with Crippen LogP contribution < -0.4 is 15.4 Å². The molecule has 1 saturated heterocycles. The van der Waals surface area contributed by atoms with Crippen LogP contribution in [0.1, 0.15) is 23.2 Å². The van der Waals surface area contributed by atoms with Gasteiger partial charge < -0.3 is 10.6 Å². The van der Waals surface area contributed by atoms with Gasteiger partial charge in [-0.15, -0.1) is 19.0 Å². The Hall–Kier alpha value is -1.41. The smallest absolute Gasteiger partial charge is 0.251 e. The minimum Gasteiger partial charge on any atom is -0.352 e. The number of sulfonamides is 1.